The van der Waals surface area contributed by atoms with E-state index in [0.717, 1.165) is 0 Å². The van der Waals surface area contributed by atoms with Gasteiger partial charge in [-0.15, -0.1) is 0 Å². The van der Waals surface area contributed by atoms with Gasteiger partial charge >= 0.3 is 0 Å². The molecule has 2 nitrogen and oxygen atoms in total. The zero-order chi connectivity index (χ0) is 11.3. The van der Waals surface area contributed by atoms with E-state index < -0.39 is 0 Å². The van der Waals surface area contributed by atoms with Gasteiger partial charge in [0.05, 0.1) is 6.61 Å². The van der Waals surface area contributed by atoms with E-state index in [4.69, 9.17) is 5.11 Å². The molecular weight excluding hydrogens is 186 g/mol. The molecule has 1 rings (SSSR count). The molecule has 0 fully saturated rings. The smallest absolute Gasteiger partial charge is 0.0582 e. The molecule has 15 heavy (non-hydrogen) atoms. The Hall–Kier alpha value is -0.860. The molecule has 2 atom stereocenters. The van der Waals surface area contributed by atoms with Crippen molar-refractivity contribution >= 4 is 0 Å². The Balaban J connectivity index is 2.75. The number of hydrogen-bond donors (Lipinski definition) is 2. The van der Waals surface area contributed by atoms with Crippen LogP contribution in [0, 0.1) is 5.92 Å². The molecule has 0 radical (unpaired) electrons. The summed E-state index contributed by atoms with van der Waals surface area (Å²) in [6, 6.07) is 10.8. The molecule has 0 saturated heterocycles. The van der Waals surface area contributed by atoms with Crippen LogP contribution in [-0.2, 0) is 0 Å². The Morgan fingerprint density at radius 1 is 1.13 bits per heavy atom. The van der Waals surface area contributed by atoms with Gasteiger partial charge < -0.3 is 10.4 Å². The van der Waals surface area contributed by atoms with Gasteiger partial charge in [0, 0.05) is 12.1 Å². The predicted molar refractivity (Wildman–Crippen MR) is 63.7 cm³/mol. The SMILES string of the molecule is CC(C)[C@H](N[C@H](C)CO)c1ccccc1. The third-order valence-electron chi connectivity index (χ3n) is 2.56. The zero-order valence-corrected chi connectivity index (χ0v) is 9.77. The summed E-state index contributed by atoms with van der Waals surface area (Å²) in [6.07, 6.45) is 0. The van der Waals surface area contributed by atoms with E-state index in [1.54, 1.807) is 0 Å². The first-order chi connectivity index (χ1) is 7.15. The van der Waals surface area contributed by atoms with Crippen molar-refractivity contribution < 1.29 is 5.11 Å². The molecule has 0 aliphatic carbocycles. The van der Waals surface area contributed by atoms with Gasteiger partial charge in [-0.05, 0) is 18.4 Å². The summed E-state index contributed by atoms with van der Waals surface area (Å²) < 4.78 is 0. The van der Waals surface area contributed by atoms with Crippen LogP contribution in [0.2, 0.25) is 0 Å². The quantitative estimate of drug-likeness (QED) is 0.777. The number of benzene rings is 1. The molecule has 0 bridgehead atoms. The Morgan fingerprint density at radius 2 is 1.73 bits per heavy atom. The maximum atomic E-state index is 9.05. The van der Waals surface area contributed by atoms with Crippen molar-refractivity contribution in [2.24, 2.45) is 5.92 Å². The number of rotatable bonds is 5. The molecule has 0 aliphatic rings. The maximum absolute atomic E-state index is 9.05. The van der Waals surface area contributed by atoms with Crippen molar-refractivity contribution in [1.82, 2.24) is 5.32 Å². The maximum Gasteiger partial charge on any atom is 0.0582 e. The first-order valence-corrected chi connectivity index (χ1v) is 5.57. The standard InChI is InChI=1S/C13H21NO/c1-10(2)13(14-11(3)9-15)12-7-5-4-6-8-12/h4-8,10-11,13-15H,9H2,1-3H3/t11-,13+/m1/s1. The van der Waals surface area contributed by atoms with E-state index in [9.17, 15) is 0 Å². The Bertz CT molecular complexity index is 271. The molecule has 0 aromatic heterocycles. The van der Waals surface area contributed by atoms with Gasteiger partial charge in [-0.2, -0.15) is 0 Å². The fourth-order valence-electron chi connectivity index (χ4n) is 1.69. The topological polar surface area (TPSA) is 32.3 Å². The van der Waals surface area contributed by atoms with Gasteiger partial charge in [-0.1, -0.05) is 44.2 Å². The highest BCUT2D eigenvalue weighted by Gasteiger charge is 2.16. The normalized spacial score (nSPS) is 15.3. The predicted octanol–water partition coefficient (Wildman–Crippen LogP) is 2.35. The lowest BCUT2D eigenvalue weighted by Gasteiger charge is -2.26. The van der Waals surface area contributed by atoms with E-state index in [2.05, 4.69) is 43.4 Å². The van der Waals surface area contributed by atoms with Crippen LogP contribution in [0.5, 0.6) is 0 Å². The Labute approximate surface area is 92.3 Å². The molecule has 0 amide bonds. The van der Waals surface area contributed by atoms with Gasteiger partial charge in [0.2, 0.25) is 0 Å². The lowest BCUT2D eigenvalue weighted by molar-refractivity contribution is 0.229. The molecule has 0 spiro atoms. The van der Waals surface area contributed by atoms with Crippen molar-refractivity contribution in [1.29, 1.82) is 0 Å². The minimum absolute atomic E-state index is 0.137. The van der Waals surface area contributed by atoms with E-state index in [1.807, 2.05) is 13.0 Å². The monoisotopic (exact) mass is 207 g/mol. The summed E-state index contributed by atoms with van der Waals surface area (Å²) in [5, 5.41) is 12.5. The van der Waals surface area contributed by atoms with Gasteiger partial charge in [0.25, 0.3) is 0 Å². The largest absolute Gasteiger partial charge is 0.395 e. The minimum atomic E-state index is 0.137. The summed E-state index contributed by atoms with van der Waals surface area (Å²) >= 11 is 0. The highest BCUT2D eigenvalue weighted by atomic mass is 16.3. The second-order valence-corrected chi connectivity index (χ2v) is 4.38. The average molecular weight is 207 g/mol. The number of nitrogens with one attached hydrogen (secondary N) is 1. The molecule has 0 heterocycles. The molecule has 1 aromatic rings. The van der Waals surface area contributed by atoms with Gasteiger partial charge in [0.15, 0.2) is 0 Å². The lowest BCUT2D eigenvalue weighted by atomic mass is 9.95. The minimum Gasteiger partial charge on any atom is -0.395 e. The van der Waals surface area contributed by atoms with Crippen LogP contribution in [0.4, 0.5) is 0 Å². The molecule has 1 aromatic carbocycles. The van der Waals surface area contributed by atoms with Gasteiger partial charge in [-0.3, -0.25) is 0 Å². The van der Waals surface area contributed by atoms with Crippen molar-refractivity contribution in [3.05, 3.63) is 35.9 Å². The summed E-state index contributed by atoms with van der Waals surface area (Å²) in [5.41, 5.74) is 1.28. The van der Waals surface area contributed by atoms with E-state index in [0.29, 0.717) is 12.0 Å². The second kappa shape index (κ2) is 5.89. The molecule has 0 saturated carbocycles. The number of aliphatic hydroxyl groups excluding tert-OH is 1. The summed E-state index contributed by atoms with van der Waals surface area (Å²) in [7, 11) is 0. The van der Waals surface area contributed by atoms with Crippen LogP contribution in [-0.4, -0.2) is 17.8 Å². The van der Waals surface area contributed by atoms with Crippen molar-refractivity contribution in [2.75, 3.05) is 6.61 Å². The number of aliphatic hydroxyl groups is 1. The van der Waals surface area contributed by atoms with Gasteiger partial charge in [0.1, 0.15) is 0 Å². The van der Waals surface area contributed by atoms with Crippen LogP contribution in [0.1, 0.15) is 32.4 Å². The Morgan fingerprint density at radius 3 is 2.20 bits per heavy atom. The van der Waals surface area contributed by atoms with E-state index >= 15 is 0 Å². The molecular formula is C13H21NO. The Kier molecular flexibility index (Phi) is 4.79. The highest BCUT2D eigenvalue weighted by molar-refractivity contribution is 5.19. The molecule has 0 unspecified atom stereocenters. The molecule has 2 heteroatoms. The lowest BCUT2D eigenvalue weighted by Crippen LogP contribution is -2.35. The van der Waals surface area contributed by atoms with Crippen molar-refractivity contribution in [3.63, 3.8) is 0 Å². The van der Waals surface area contributed by atoms with E-state index in [1.165, 1.54) is 5.56 Å². The first-order valence-electron chi connectivity index (χ1n) is 5.57. The second-order valence-electron chi connectivity index (χ2n) is 4.38. The summed E-state index contributed by atoms with van der Waals surface area (Å²) in [4.78, 5) is 0. The van der Waals surface area contributed by atoms with E-state index in [-0.39, 0.29) is 12.6 Å². The first kappa shape index (κ1) is 12.2. The van der Waals surface area contributed by atoms with Crippen LogP contribution < -0.4 is 5.32 Å². The average Bonchev–Trinajstić information content (AvgIpc) is 2.26. The fourth-order valence-corrected chi connectivity index (χ4v) is 1.69. The third kappa shape index (κ3) is 3.65. The molecule has 2 N–H and O–H groups in total. The fraction of sp³-hybridized carbons (Fsp3) is 0.538. The van der Waals surface area contributed by atoms with Gasteiger partial charge in [-0.25, -0.2) is 0 Å². The van der Waals surface area contributed by atoms with Crippen molar-refractivity contribution in [2.45, 2.75) is 32.9 Å². The van der Waals surface area contributed by atoms with Crippen LogP contribution in [0.15, 0.2) is 30.3 Å². The zero-order valence-electron chi connectivity index (χ0n) is 9.77. The van der Waals surface area contributed by atoms with Crippen LogP contribution in [0.25, 0.3) is 0 Å². The van der Waals surface area contributed by atoms with Crippen LogP contribution in [0.3, 0.4) is 0 Å². The summed E-state index contributed by atoms with van der Waals surface area (Å²) in [6.45, 7) is 6.55. The summed E-state index contributed by atoms with van der Waals surface area (Å²) in [5.74, 6) is 0.515. The van der Waals surface area contributed by atoms with Crippen molar-refractivity contribution in [3.8, 4) is 0 Å². The van der Waals surface area contributed by atoms with Crippen LogP contribution >= 0.6 is 0 Å². The third-order valence-corrected chi connectivity index (χ3v) is 2.56. The number of hydrogen-bond acceptors (Lipinski definition) is 2. The molecule has 0 aliphatic heterocycles. The highest BCUT2D eigenvalue weighted by Crippen LogP contribution is 2.21. The molecule has 84 valence electrons.